The summed E-state index contributed by atoms with van der Waals surface area (Å²) in [5.74, 6) is -1.48. The van der Waals surface area contributed by atoms with E-state index in [0.29, 0.717) is 0 Å². The molecule has 0 aliphatic rings. The molecule has 1 atom stereocenters. The Morgan fingerprint density at radius 3 is 2.44 bits per heavy atom. The van der Waals surface area contributed by atoms with E-state index in [1.54, 1.807) is 0 Å². The third kappa shape index (κ3) is 2.91. The summed E-state index contributed by atoms with van der Waals surface area (Å²) in [5.41, 5.74) is -3.01. The van der Waals surface area contributed by atoms with Crippen LogP contribution in [0.25, 0.3) is 0 Å². The highest BCUT2D eigenvalue weighted by Gasteiger charge is 2.42. The van der Waals surface area contributed by atoms with E-state index in [4.69, 9.17) is 0 Å². The van der Waals surface area contributed by atoms with Crippen molar-refractivity contribution in [1.82, 2.24) is 0 Å². The lowest BCUT2D eigenvalue weighted by atomic mass is 10.3. The Balaban J connectivity index is 2.97. The van der Waals surface area contributed by atoms with Gasteiger partial charge in [0.05, 0.1) is 7.11 Å². The molecule has 16 heavy (non-hydrogen) atoms. The van der Waals surface area contributed by atoms with Crippen LogP contribution < -0.4 is 9.47 Å². The van der Waals surface area contributed by atoms with Crippen molar-refractivity contribution in [2.45, 2.75) is 11.7 Å². The predicted molar refractivity (Wildman–Crippen MR) is 49.3 cm³/mol. The molecule has 1 aromatic rings. The number of methoxy groups -OCH3 is 1. The van der Waals surface area contributed by atoms with Crippen molar-refractivity contribution >= 4 is 11.6 Å². The van der Waals surface area contributed by atoms with Crippen LogP contribution in [0, 0.1) is 5.82 Å². The third-order valence-corrected chi connectivity index (χ3v) is 1.88. The Morgan fingerprint density at radius 2 is 1.94 bits per heavy atom. The van der Waals surface area contributed by atoms with Crippen LogP contribution in [-0.2, 0) is 0 Å². The zero-order valence-electron chi connectivity index (χ0n) is 8.02. The first kappa shape index (κ1) is 12.9. The third-order valence-electron chi connectivity index (χ3n) is 1.63. The Labute approximate surface area is 93.7 Å². The minimum atomic E-state index is -4.22. The van der Waals surface area contributed by atoms with E-state index in [1.807, 2.05) is 0 Å². The highest BCUT2D eigenvalue weighted by atomic mass is 35.5. The highest BCUT2D eigenvalue weighted by Crippen LogP contribution is 2.34. The van der Waals surface area contributed by atoms with Crippen LogP contribution in [0.2, 0.25) is 0 Å². The Morgan fingerprint density at radius 1 is 1.31 bits per heavy atom. The molecule has 0 aliphatic carbocycles. The smallest absolute Gasteiger partial charge is 0.444 e. The van der Waals surface area contributed by atoms with Crippen LogP contribution in [0.1, 0.15) is 0 Å². The molecule has 0 N–H and O–H groups in total. The van der Waals surface area contributed by atoms with Crippen molar-refractivity contribution in [2.24, 2.45) is 0 Å². The first-order valence-corrected chi connectivity index (χ1v) is 4.49. The van der Waals surface area contributed by atoms with E-state index in [9.17, 15) is 17.6 Å². The molecule has 0 saturated carbocycles. The molecule has 1 unspecified atom stereocenters. The van der Waals surface area contributed by atoms with Gasteiger partial charge in [0.25, 0.3) is 5.63 Å². The van der Waals surface area contributed by atoms with Gasteiger partial charge in [0.2, 0.25) is 0 Å². The van der Waals surface area contributed by atoms with E-state index in [1.165, 1.54) is 0 Å². The van der Waals surface area contributed by atoms with Gasteiger partial charge >= 0.3 is 6.11 Å². The standard InChI is InChI=1S/C9H7ClF4O2/c1-15-7-4-5(11)2-3-6(7)16-9(13,14)8(10)12/h2-4,8H,1H3. The molecule has 0 aromatic heterocycles. The topological polar surface area (TPSA) is 18.5 Å². The van der Waals surface area contributed by atoms with Crippen LogP contribution >= 0.6 is 11.6 Å². The highest BCUT2D eigenvalue weighted by molar-refractivity contribution is 6.20. The molecule has 90 valence electrons. The van der Waals surface area contributed by atoms with Gasteiger partial charge in [-0.25, -0.2) is 8.78 Å². The minimum Gasteiger partial charge on any atom is -0.493 e. The van der Waals surface area contributed by atoms with Crippen molar-refractivity contribution in [3.63, 3.8) is 0 Å². The van der Waals surface area contributed by atoms with Gasteiger partial charge in [0, 0.05) is 6.07 Å². The number of ether oxygens (including phenoxy) is 2. The molecule has 2 nitrogen and oxygen atoms in total. The summed E-state index contributed by atoms with van der Waals surface area (Å²) >= 11 is 4.59. The van der Waals surface area contributed by atoms with Crippen molar-refractivity contribution in [1.29, 1.82) is 0 Å². The Kier molecular flexibility index (Phi) is 3.85. The number of hydrogen-bond acceptors (Lipinski definition) is 2. The molecule has 0 aliphatic heterocycles. The second-order valence-corrected chi connectivity index (χ2v) is 3.14. The van der Waals surface area contributed by atoms with Gasteiger partial charge in [-0.2, -0.15) is 8.78 Å². The van der Waals surface area contributed by atoms with Gasteiger partial charge in [-0.15, -0.1) is 0 Å². The van der Waals surface area contributed by atoms with Crippen molar-refractivity contribution in [3.05, 3.63) is 24.0 Å². The molecule has 7 heteroatoms. The maximum atomic E-state index is 12.8. The summed E-state index contributed by atoms with van der Waals surface area (Å²) in [5, 5.41) is 0. The average molecular weight is 259 g/mol. The summed E-state index contributed by atoms with van der Waals surface area (Å²) < 4.78 is 59.1. The van der Waals surface area contributed by atoms with Crippen molar-refractivity contribution in [3.8, 4) is 11.5 Å². The van der Waals surface area contributed by atoms with Crippen LogP contribution in [0.5, 0.6) is 11.5 Å². The van der Waals surface area contributed by atoms with Gasteiger partial charge < -0.3 is 9.47 Å². The zero-order valence-corrected chi connectivity index (χ0v) is 8.77. The van der Waals surface area contributed by atoms with E-state index < -0.39 is 23.3 Å². The number of hydrogen-bond donors (Lipinski definition) is 0. The van der Waals surface area contributed by atoms with Gasteiger partial charge in [-0.05, 0) is 12.1 Å². The minimum absolute atomic E-state index is 0.281. The first-order chi connectivity index (χ1) is 7.36. The summed E-state index contributed by atoms with van der Waals surface area (Å²) in [4.78, 5) is 0. The molecular formula is C9H7ClF4O2. The van der Waals surface area contributed by atoms with Crippen LogP contribution in [0.3, 0.4) is 0 Å². The Bertz CT molecular complexity index is 371. The molecular weight excluding hydrogens is 252 g/mol. The van der Waals surface area contributed by atoms with Crippen LogP contribution in [0.4, 0.5) is 17.6 Å². The number of benzene rings is 1. The molecule has 0 spiro atoms. The molecule has 1 rings (SSSR count). The quantitative estimate of drug-likeness (QED) is 0.609. The average Bonchev–Trinajstić information content (AvgIpc) is 2.20. The van der Waals surface area contributed by atoms with Crippen LogP contribution in [-0.4, -0.2) is 18.8 Å². The summed E-state index contributed by atoms with van der Waals surface area (Å²) in [6.07, 6.45) is -4.22. The lowest BCUT2D eigenvalue weighted by Gasteiger charge is -2.19. The first-order valence-electron chi connectivity index (χ1n) is 4.05. The summed E-state index contributed by atoms with van der Waals surface area (Å²) in [6.45, 7) is 0. The molecule has 1 aromatic carbocycles. The molecule has 0 bridgehead atoms. The molecule has 0 saturated heterocycles. The molecule has 0 heterocycles. The predicted octanol–water partition coefficient (Wildman–Crippen LogP) is 3.34. The van der Waals surface area contributed by atoms with Gasteiger partial charge in [-0.3, -0.25) is 0 Å². The number of rotatable bonds is 4. The lowest BCUT2D eigenvalue weighted by molar-refractivity contribution is -0.199. The zero-order chi connectivity index (χ0) is 12.3. The van der Waals surface area contributed by atoms with E-state index >= 15 is 0 Å². The summed E-state index contributed by atoms with van der Waals surface area (Å²) in [7, 11) is 1.13. The SMILES string of the molecule is COc1cc(F)ccc1OC(F)(F)C(F)Cl. The van der Waals surface area contributed by atoms with E-state index in [2.05, 4.69) is 21.1 Å². The number of alkyl halides is 4. The normalized spacial score (nSPS) is 13.4. The second kappa shape index (κ2) is 4.78. The monoisotopic (exact) mass is 258 g/mol. The van der Waals surface area contributed by atoms with E-state index in [-0.39, 0.29) is 5.75 Å². The van der Waals surface area contributed by atoms with Gasteiger partial charge in [-0.1, -0.05) is 11.6 Å². The number of halogens is 5. The van der Waals surface area contributed by atoms with Crippen molar-refractivity contribution < 1.29 is 27.0 Å². The Hall–Kier alpha value is -1.17. The maximum Gasteiger partial charge on any atom is 0.444 e. The molecule has 0 fully saturated rings. The second-order valence-electron chi connectivity index (χ2n) is 2.76. The summed E-state index contributed by atoms with van der Waals surface area (Å²) in [6, 6.07) is 2.59. The van der Waals surface area contributed by atoms with E-state index in [0.717, 1.165) is 25.3 Å². The molecule has 0 radical (unpaired) electrons. The lowest BCUT2D eigenvalue weighted by Crippen LogP contribution is -2.32. The fourth-order valence-corrected chi connectivity index (χ4v) is 0.961. The fraction of sp³-hybridized carbons (Fsp3) is 0.333. The van der Waals surface area contributed by atoms with Gasteiger partial charge in [0.15, 0.2) is 11.5 Å². The molecule has 0 amide bonds. The van der Waals surface area contributed by atoms with Gasteiger partial charge in [0.1, 0.15) is 5.82 Å². The maximum absolute atomic E-state index is 12.8. The largest absolute Gasteiger partial charge is 0.493 e. The van der Waals surface area contributed by atoms with Crippen LogP contribution in [0.15, 0.2) is 18.2 Å². The van der Waals surface area contributed by atoms with Crippen molar-refractivity contribution in [2.75, 3.05) is 7.11 Å². The fourth-order valence-electron chi connectivity index (χ4n) is 0.917.